The summed E-state index contributed by atoms with van der Waals surface area (Å²) >= 11 is 0. The molecule has 0 bridgehead atoms. The van der Waals surface area contributed by atoms with Crippen LogP contribution in [-0.4, -0.2) is 64.4 Å². The molecule has 1 aliphatic rings. The molecule has 106 valence electrons. The summed E-state index contributed by atoms with van der Waals surface area (Å²) in [4.78, 5) is 47.7. The molecule has 8 nitrogen and oxygen atoms in total. The van der Waals surface area contributed by atoms with Crippen molar-refractivity contribution < 1.29 is 24.3 Å². The second kappa shape index (κ2) is 4.87. The predicted octanol–water partition coefficient (Wildman–Crippen LogP) is -0.752. The number of likely N-dealkylation sites (tertiary alicyclic amines) is 1. The first-order valence-electron chi connectivity index (χ1n) is 5.67. The molecule has 1 heterocycles. The molecule has 19 heavy (non-hydrogen) atoms. The van der Waals surface area contributed by atoms with Crippen LogP contribution in [0.3, 0.4) is 0 Å². The van der Waals surface area contributed by atoms with Gasteiger partial charge in [-0.25, -0.2) is 9.59 Å². The first kappa shape index (κ1) is 14.9. The van der Waals surface area contributed by atoms with Crippen LogP contribution in [0.25, 0.3) is 0 Å². The minimum absolute atomic E-state index is 0.109. The van der Waals surface area contributed by atoms with Crippen molar-refractivity contribution in [1.29, 1.82) is 0 Å². The highest BCUT2D eigenvalue weighted by Gasteiger charge is 2.40. The van der Waals surface area contributed by atoms with Gasteiger partial charge in [0.25, 0.3) is 5.91 Å². The standard InChI is InChI=1S/C11H17N3O5/c1-11(2,9(17)18)14(4)10(19)12-6-5-7(15)13(3)8(6)16/h6H,5H2,1-4H3,(H,12,19)(H,17,18). The van der Waals surface area contributed by atoms with E-state index in [9.17, 15) is 19.2 Å². The van der Waals surface area contributed by atoms with Crippen LogP contribution in [0.1, 0.15) is 20.3 Å². The van der Waals surface area contributed by atoms with Crippen LogP contribution in [0.4, 0.5) is 4.79 Å². The molecule has 0 aromatic heterocycles. The van der Waals surface area contributed by atoms with Gasteiger partial charge in [0.2, 0.25) is 5.91 Å². The summed E-state index contributed by atoms with van der Waals surface area (Å²) in [6.45, 7) is 2.73. The van der Waals surface area contributed by atoms with Crippen molar-refractivity contribution in [2.75, 3.05) is 14.1 Å². The lowest BCUT2D eigenvalue weighted by molar-refractivity contribution is -0.147. The highest BCUT2D eigenvalue weighted by molar-refractivity contribution is 6.06. The lowest BCUT2D eigenvalue weighted by atomic mass is 10.0. The minimum Gasteiger partial charge on any atom is -0.480 e. The van der Waals surface area contributed by atoms with Gasteiger partial charge in [-0.05, 0) is 13.8 Å². The summed E-state index contributed by atoms with van der Waals surface area (Å²) in [5.41, 5.74) is -1.42. The number of carbonyl (C=O) groups excluding carboxylic acids is 3. The fraction of sp³-hybridized carbons (Fsp3) is 0.636. The summed E-state index contributed by atoms with van der Waals surface area (Å²) in [5.74, 6) is -2.05. The van der Waals surface area contributed by atoms with Crippen molar-refractivity contribution in [2.24, 2.45) is 0 Å². The zero-order valence-electron chi connectivity index (χ0n) is 11.3. The quantitative estimate of drug-likeness (QED) is 0.657. The molecule has 4 amide bonds. The van der Waals surface area contributed by atoms with E-state index in [1.165, 1.54) is 27.9 Å². The van der Waals surface area contributed by atoms with Crippen LogP contribution in [0.5, 0.6) is 0 Å². The van der Waals surface area contributed by atoms with Crippen molar-refractivity contribution in [3.8, 4) is 0 Å². The highest BCUT2D eigenvalue weighted by atomic mass is 16.4. The smallest absolute Gasteiger partial charge is 0.329 e. The molecule has 0 aromatic rings. The Bertz CT molecular complexity index is 446. The van der Waals surface area contributed by atoms with E-state index in [0.717, 1.165) is 9.80 Å². The number of likely N-dealkylation sites (N-methyl/N-ethyl adjacent to an activating group) is 2. The molecule has 2 N–H and O–H groups in total. The van der Waals surface area contributed by atoms with Crippen LogP contribution in [0, 0.1) is 0 Å². The molecule has 0 spiro atoms. The van der Waals surface area contributed by atoms with E-state index in [1.807, 2.05) is 0 Å². The molecule has 0 radical (unpaired) electrons. The van der Waals surface area contributed by atoms with Crippen LogP contribution >= 0.6 is 0 Å². The first-order chi connectivity index (χ1) is 8.59. The molecule has 1 unspecified atom stereocenters. The normalized spacial score (nSPS) is 19.6. The SMILES string of the molecule is CN1C(=O)CC(NC(=O)N(C)C(C)(C)C(=O)O)C1=O. The number of aliphatic carboxylic acids is 1. The maximum absolute atomic E-state index is 11.9. The zero-order valence-corrected chi connectivity index (χ0v) is 11.3. The number of carboxylic acids is 1. The Morgan fingerprint density at radius 3 is 2.32 bits per heavy atom. The fourth-order valence-corrected chi connectivity index (χ4v) is 1.51. The number of rotatable bonds is 3. The van der Waals surface area contributed by atoms with Crippen LogP contribution in [0.15, 0.2) is 0 Å². The monoisotopic (exact) mass is 271 g/mol. The van der Waals surface area contributed by atoms with Crippen molar-refractivity contribution in [2.45, 2.75) is 31.8 Å². The Labute approximate surface area is 110 Å². The molecule has 8 heteroatoms. The number of carboxylic acid groups (broad SMARTS) is 1. The first-order valence-corrected chi connectivity index (χ1v) is 5.67. The number of hydrogen-bond donors (Lipinski definition) is 2. The van der Waals surface area contributed by atoms with Gasteiger partial charge in [-0.3, -0.25) is 14.5 Å². The summed E-state index contributed by atoms with van der Waals surface area (Å²) in [6, 6.07) is -1.65. The maximum Gasteiger partial charge on any atom is 0.329 e. The third-order valence-electron chi connectivity index (χ3n) is 3.35. The van der Waals surface area contributed by atoms with Gasteiger partial charge in [0.1, 0.15) is 11.6 Å². The second-order valence-electron chi connectivity index (χ2n) is 4.92. The fourth-order valence-electron chi connectivity index (χ4n) is 1.51. The largest absolute Gasteiger partial charge is 0.480 e. The van der Waals surface area contributed by atoms with Crippen molar-refractivity contribution in [3.05, 3.63) is 0 Å². The Kier molecular flexibility index (Phi) is 3.83. The molecule has 1 saturated heterocycles. The third kappa shape index (κ3) is 2.67. The lowest BCUT2D eigenvalue weighted by Crippen LogP contribution is -2.56. The van der Waals surface area contributed by atoms with Gasteiger partial charge < -0.3 is 15.3 Å². The van der Waals surface area contributed by atoms with E-state index in [-0.39, 0.29) is 12.3 Å². The molecule has 1 rings (SSSR count). The number of hydrogen-bond acceptors (Lipinski definition) is 4. The van der Waals surface area contributed by atoms with E-state index < -0.39 is 29.5 Å². The van der Waals surface area contributed by atoms with Gasteiger partial charge in [-0.2, -0.15) is 0 Å². The van der Waals surface area contributed by atoms with Gasteiger partial charge in [-0.1, -0.05) is 0 Å². The van der Waals surface area contributed by atoms with E-state index in [0.29, 0.717) is 0 Å². The minimum atomic E-state index is -1.42. The van der Waals surface area contributed by atoms with Crippen LogP contribution < -0.4 is 5.32 Å². The predicted molar refractivity (Wildman–Crippen MR) is 64.2 cm³/mol. The van der Waals surface area contributed by atoms with Gasteiger partial charge in [0.15, 0.2) is 0 Å². The molecule has 1 atom stereocenters. The molecular weight excluding hydrogens is 254 g/mol. The number of nitrogens with zero attached hydrogens (tertiary/aromatic N) is 2. The Hall–Kier alpha value is -2.12. The van der Waals surface area contributed by atoms with Crippen molar-refractivity contribution in [3.63, 3.8) is 0 Å². The van der Waals surface area contributed by atoms with E-state index in [1.54, 1.807) is 0 Å². The average molecular weight is 271 g/mol. The topological polar surface area (TPSA) is 107 Å². The number of carbonyl (C=O) groups is 4. The number of urea groups is 1. The summed E-state index contributed by atoms with van der Waals surface area (Å²) in [5, 5.41) is 11.4. The molecule has 1 aliphatic heterocycles. The maximum atomic E-state index is 11.9. The van der Waals surface area contributed by atoms with Gasteiger partial charge in [-0.15, -0.1) is 0 Å². The summed E-state index contributed by atoms with van der Waals surface area (Å²) < 4.78 is 0. The third-order valence-corrected chi connectivity index (χ3v) is 3.35. The van der Waals surface area contributed by atoms with E-state index in [4.69, 9.17) is 5.11 Å². The number of nitrogens with one attached hydrogen (secondary N) is 1. The molecule has 0 saturated carbocycles. The van der Waals surface area contributed by atoms with Crippen molar-refractivity contribution in [1.82, 2.24) is 15.1 Å². The zero-order chi connectivity index (χ0) is 15.0. The Balaban J connectivity index is 2.74. The molecular formula is C11H17N3O5. The Morgan fingerprint density at radius 2 is 1.95 bits per heavy atom. The van der Waals surface area contributed by atoms with Gasteiger partial charge in [0.05, 0.1) is 6.42 Å². The average Bonchev–Trinajstić information content (AvgIpc) is 2.55. The summed E-state index contributed by atoms with van der Waals surface area (Å²) in [7, 11) is 2.65. The lowest BCUT2D eigenvalue weighted by Gasteiger charge is -2.32. The van der Waals surface area contributed by atoms with Gasteiger partial charge in [0, 0.05) is 14.1 Å². The second-order valence-corrected chi connectivity index (χ2v) is 4.92. The summed E-state index contributed by atoms with van der Waals surface area (Å²) in [6.07, 6.45) is -0.109. The highest BCUT2D eigenvalue weighted by Crippen LogP contribution is 2.15. The molecule has 0 aliphatic carbocycles. The van der Waals surface area contributed by atoms with E-state index in [2.05, 4.69) is 5.32 Å². The number of amides is 4. The molecule has 1 fully saturated rings. The van der Waals surface area contributed by atoms with Crippen molar-refractivity contribution >= 4 is 23.8 Å². The molecule has 0 aromatic carbocycles. The van der Waals surface area contributed by atoms with Crippen LogP contribution in [0.2, 0.25) is 0 Å². The van der Waals surface area contributed by atoms with Gasteiger partial charge >= 0.3 is 12.0 Å². The van der Waals surface area contributed by atoms with E-state index >= 15 is 0 Å². The Morgan fingerprint density at radius 1 is 1.42 bits per heavy atom. The number of imide groups is 1. The van der Waals surface area contributed by atoms with Crippen LogP contribution in [-0.2, 0) is 14.4 Å².